The summed E-state index contributed by atoms with van der Waals surface area (Å²) in [4.78, 5) is 0. The number of nitriles is 1. The van der Waals surface area contributed by atoms with Gasteiger partial charge in [0.05, 0.1) is 6.07 Å². The molecule has 0 aliphatic heterocycles. The zero-order chi connectivity index (χ0) is 2.71. The van der Waals surface area contributed by atoms with Gasteiger partial charge in [0.15, 0.2) is 0 Å². The number of hydrogen-bond donors (Lipinski definition) is 0. The first-order valence-electron chi connectivity index (χ1n) is 0.724. The molecule has 0 fully saturated rings. The first-order chi connectivity index (χ1) is 1.41. The van der Waals surface area contributed by atoms with Crippen molar-refractivity contribution in [1.82, 2.24) is 0 Å². The molecular formula is C2H3Cl4NPt. The van der Waals surface area contributed by atoms with Crippen LogP contribution in [-0.2, 0) is 21.1 Å². The van der Waals surface area contributed by atoms with E-state index in [1.165, 1.54) is 6.92 Å². The van der Waals surface area contributed by atoms with Crippen molar-refractivity contribution in [1.29, 1.82) is 5.26 Å². The van der Waals surface area contributed by atoms with Crippen LogP contribution in [0.25, 0.3) is 0 Å². The largest absolute Gasteiger partial charge is 4.00 e. The molecule has 54 valence electrons. The maximum absolute atomic E-state index is 7.32. The molecule has 1 nitrogen and oxygen atoms in total. The fourth-order valence-corrected chi connectivity index (χ4v) is 0. The molecule has 0 aliphatic rings. The van der Waals surface area contributed by atoms with Gasteiger partial charge in [0, 0.05) is 6.92 Å². The van der Waals surface area contributed by atoms with E-state index in [0.29, 0.717) is 0 Å². The van der Waals surface area contributed by atoms with E-state index in [9.17, 15) is 0 Å². The van der Waals surface area contributed by atoms with Crippen molar-refractivity contribution in [2.45, 2.75) is 6.92 Å². The Hall–Kier alpha value is 1.34. The van der Waals surface area contributed by atoms with E-state index in [2.05, 4.69) is 0 Å². The molecule has 0 aromatic carbocycles. The van der Waals surface area contributed by atoms with Crippen molar-refractivity contribution < 1.29 is 70.7 Å². The molecule has 0 heterocycles. The van der Waals surface area contributed by atoms with Crippen molar-refractivity contribution in [2.24, 2.45) is 0 Å². The molecule has 0 spiro atoms. The first-order valence-corrected chi connectivity index (χ1v) is 0.724. The third-order valence-corrected chi connectivity index (χ3v) is 0. The van der Waals surface area contributed by atoms with Gasteiger partial charge in [-0.1, -0.05) is 0 Å². The maximum atomic E-state index is 7.32. The Morgan fingerprint density at radius 1 is 1.00 bits per heavy atom. The zero-order valence-corrected chi connectivity index (χ0v) is 9.07. The number of rotatable bonds is 0. The predicted molar refractivity (Wildman–Crippen MR) is 11.3 cm³/mol. The predicted octanol–water partition coefficient (Wildman–Crippen LogP) is -11.5. The normalized spacial score (nSPS) is 1.00. The van der Waals surface area contributed by atoms with Gasteiger partial charge >= 0.3 is 21.1 Å². The molecule has 0 saturated heterocycles. The van der Waals surface area contributed by atoms with Crippen LogP contribution in [0.4, 0.5) is 0 Å². The van der Waals surface area contributed by atoms with Crippen LogP contribution >= 0.6 is 0 Å². The average Bonchev–Trinajstić information content (AvgIpc) is 0.918. The van der Waals surface area contributed by atoms with Gasteiger partial charge < -0.3 is 49.6 Å². The van der Waals surface area contributed by atoms with Crippen LogP contribution in [-0.4, -0.2) is 0 Å². The standard InChI is InChI=1S/C2H3N.4ClH.Pt/c1-2-3;;;;;/h1H3;4*1H;/q;;;;;+4/p-4. The molecule has 8 heavy (non-hydrogen) atoms. The van der Waals surface area contributed by atoms with E-state index >= 15 is 0 Å². The first kappa shape index (κ1) is 58.3. The third kappa shape index (κ3) is 165. The van der Waals surface area contributed by atoms with Gasteiger partial charge in [-0.3, -0.25) is 0 Å². The van der Waals surface area contributed by atoms with Gasteiger partial charge in [0.25, 0.3) is 0 Å². The topological polar surface area (TPSA) is 23.8 Å². The summed E-state index contributed by atoms with van der Waals surface area (Å²) >= 11 is 0. The summed E-state index contributed by atoms with van der Waals surface area (Å²) in [6, 6.07) is 1.75. The van der Waals surface area contributed by atoms with Gasteiger partial charge in [-0.05, 0) is 0 Å². The van der Waals surface area contributed by atoms with Crippen molar-refractivity contribution in [2.75, 3.05) is 0 Å². The molecule has 0 aromatic rings. The summed E-state index contributed by atoms with van der Waals surface area (Å²) in [5.74, 6) is 0. The molecular weight excluding hydrogens is 375 g/mol. The van der Waals surface area contributed by atoms with Gasteiger partial charge in [-0.15, -0.1) is 0 Å². The Bertz CT molecular complexity index is 35.5. The third-order valence-electron chi connectivity index (χ3n) is 0. The van der Waals surface area contributed by atoms with Gasteiger partial charge in [0.1, 0.15) is 0 Å². The van der Waals surface area contributed by atoms with E-state index in [0.717, 1.165) is 0 Å². The molecule has 0 radical (unpaired) electrons. The van der Waals surface area contributed by atoms with E-state index < -0.39 is 0 Å². The molecule has 0 bridgehead atoms. The summed E-state index contributed by atoms with van der Waals surface area (Å²) in [5.41, 5.74) is 0. The van der Waals surface area contributed by atoms with Crippen LogP contribution in [0.1, 0.15) is 6.92 Å². The smallest absolute Gasteiger partial charge is 1.00 e. The Kier molecular flexibility index (Phi) is 598. The van der Waals surface area contributed by atoms with Crippen molar-refractivity contribution in [3.63, 3.8) is 0 Å². The fraction of sp³-hybridized carbons (Fsp3) is 0.500. The molecule has 0 unspecified atom stereocenters. The molecule has 0 atom stereocenters. The Labute approximate surface area is 88.5 Å². The molecule has 6 heteroatoms. The number of nitrogens with zero attached hydrogens (tertiary/aromatic N) is 1. The summed E-state index contributed by atoms with van der Waals surface area (Å²) < 4.78 is 0. The Morgan fingerprint density at radius 2 is 1.00 bits per heavy atom. The molecule has 0 N–H and O–H groups in total. The van der Waals surface area contributed by atoms with E-state index in [1.807, 2.05) is 0 Å². The summed E-state index contributed by atoms with van der Waals surface area (Å²) in [6.45, 7) is 1.43. The molecule has 0 rings (SSSR count). The van der Waals surface area contributed by atoms with Crippen LogP contribution in [0.2, 0.25) is 0 Å². The second-order valence-corrected chi connectivity index (χ2v) is 0.224. The van der Waals surface area contributed by atoms with Crippen LogP contribution < -0.4 is 49.6 Å². The molecule has 0 aliphatic carbocycles. The zero-order valence-electron chi connectivity index (χ0n) is 3.78. The minimum Gasteiger partial charge on any atom is -1.00 e. The van der Waals surface area contributed by atoms with Crippen LogP contribution in [0.15, 0.2) is 0 Å². The Morgan fingerprint density at radius 3 is 1.00 bits per heavy atom. The van der Waals surface area contributed by atoms with E-state index in [-0.39, 0.29) is 70.7 Å². The number of hydrogen-bond acceptors (Lipinski definition) is 1. The SMILES string of the molecule is CC#N.[Cl-].[Cl-].[Cl-].[Cl-].[Pt+4]. The quantitative estimate of drug-likeness (QED) is 0.411. The molecule has 0 aromatic heterocycles. The second-order valence-electron chi connectivity index (χ2n) is 0.224. The van der Waals surface area contributed by atoms with Gasteiger partial charge in [-0.25, -0.2) is 0 Å². The van der Waals surface area contributed by atoms with Crippen LogP contribution in [0, 0.1) is 11.3 Å². The molecule has 0 saturated carbocycles. The summed E-state index contributed by atoms with van der Waals surface area (Å²) in [6.07, 6.45) is 0. The van der Waals surface area contributed by atoms with E-state index in [1.54, 1.807) is 6.07 Å². The fourth-order valence-electron chi connectivity index (χ4n) is 0. The van der Waals surface area contributed by atoms with Gasteiger partial charge in [0.2, 0.25) is 0 Å². The van der Waals surface area contributed by atoms with Gasteiger partial charge in [-0.2, -0.15) is 5.26 Å². The minimum absolute atomic E-state index is 0. The summed E-state index contributed by atoms with van der Waals surface area (Å²) in [5, 5.41) is 7.32. The number of halogens is 4. The average molecular weight is 378 g/mol. The van der Waals surface area contributed by atoms with Crippen LogP contribution in [0.3, 0.4) is 0 Å². The van der Waals surface area contributed by atoms with Crippen LogP contribution in [0.5, 0.6) is 0 Å². The van der Waals surface area contributed by atoms with Crippen molar-refractivity contribution in [3.05, 3.63) is 0 Å². The monoisotopic (exact) mass is 376 g/mol. The minimum atomic E-state index is 0. The van der Waals surface area contributed by atoms with Crippen molar-refractivity contribution in [3.8, 4) is 6.07 Å². The second kappa shape index (κ2) is 82.1. The molecule has 0 amide bonds. The van der Waals surface area contributed by atoms with E-state index in [4.69, 9.17) is 5.26 Å². The summed E-state index contributed by atoms with van der Waals surface area (Å²) in [7, 11) is 0. The Balaban J connectivity index is -0.00000000200. The van der Waals surface area contributed by atoms with Crippen molar-refractivity contribution >= 4 is 0 Å². The maximum Gasteiger partial charge on any atom is 4.00 e.